The number of aryl methyl sites for hydroxylation is 1. The lowest BCUT2D eigenvalue weighted by atomic mass is 10.0. The van der Waals surface area contributed by atoms with Gasteiger partial charge in [-0.3, -0.25) is 9.78 Å². The van der Waals surface area contributed by atoms with Gasteiger partial charge < -0.3 is 5.11 Å². The minimum atomic E-state index is -0.389. The number of carbonyl (C=O) groups excluding carboxylic acids is 1. The Labute approximate surface area is 149 Å². The normalized spacial score (nSPS) is 10.6. The van der Waals surface area contributed by atoms with E-state index in [2.05, 4.69) is 4.98 Å². The highest BCUT2D eigenvalue weighted by atomic mass is 35.5. The Hall–Kier alpha value is -2.36. The summed E-state index contributed by atoms with van der Waals surface area (Å²) in [4.78, 5) is 16.9. The fraction of sp³-hybridized carbons (Fsp3) is 0.0526. The number of nitrogens with zero attached hydrogens (tertiary/aromatic N) is 1. The third-order valence-electron chi connectivity index (χ3n) is 3.65. The van der Waals surface area contributed by atoms with Gasteiger partial charge >= 0.3 is 0 Å². The van der Waals surface area contributed by atoms with Crippen LogP contribution >= 0.6 is 23.2 Å². The van der Waals surface area contributed by atoms with Gasteiger partial charge in [0.2, 0.25) is 0 Å². The minimum Gasteiger partial charge on any atom is -0.506 e. The van der Waals surface area contributed by atoms with Crippen LogP contribution in [0.15, 0.2) is 54.7 Å². The predicted molar refractivity (Wildman–Crippen MR) is 96.0 cm³/mol. The van der Waals surface area contributed by atoms with Crippen molar-refractivity contribution in [2.45, 2.75) is 6.92 Å². The zero-order valence-corrected chi connectivity index (χ0v) is 14.3. The largest absolute Gasteiger partial charge is 0.506 e. The van der Waals surface area contributed by atoms with Gasteiger partial charge in [-0.1, -0.05) is 53.0 Å². The number of phenols is 1. The van der Waals surface area contributed by atoms with Crippen molar-refractivity contribution >= 4 is 29.0 Å². The van der Waals surface area contributed by atoms with E-state index < -0.39 is 0 Å². The molecular formula is C19H13Cl2NO2. The maximum Gasteiger partial charge on any atom is 0.198 e. The fourth-order valence-corrected chi connectivity index (χ4v) is 2.81. The van der Waals surface area contributed by atoms with Crippen LogP contribution in [0.5, 0.6) is 5.75 Å². The van der Waals surface area contributed by atoms with E-state index in [1.54, 1.807) is 12.1 Å². The Morgan fingerprint density at radius 1 is 1.04 bits per heavy atom. The molecule has 0 radical (unpaired) electrons. The number of aromatic nitrogens is 1. The third-order valence-corrected chi connectivity index (χ3v) is 4.15. The summed E-state index contributed by atoms with van der Waals surface area (Å²) < 4.78 is 0. The average molecular weight is 358 g/mol. The second kappa shape index (κ2) is 6.63. The Kier molecular flexibility index (Phi) is 4.56. The van der Waals surface area contributed by atoms with Crippen LogP contribution in [0.2, 0.25) is 10.0 Å². The lowest BCUT2D eigenvalue weighted by Crippen LogP contribution is -2.03. The van der Waals surface area contributed by atoms with Crippen LogP contribution in [0, 0.1) is 6.92 Å². The topological polar surface area (TPSA) is 50.2 Å². The van der Waals surface area contributed by atoms with Crippen molar-refractivity contribution in [3.8, 4) is 17.0 Å². The molecule has 1 N–H and O–H groups in total. The number of carbonyl (C=O) groups is 1. The van der Waals surface area contributed by atoms with E-state index in [9.17, 15) is 9.90 Å². The zero-order valence-electron chi connectivity index (χ0n) is 12.8. The number of benzene rings is 2. The Morgan fingerprint density at radius 2 is 1.75 bits per heavy atom. The molecule has 0 aliphatic rings. The molecule has 3 rings (SSSR count). The first-order valence-electron chi connectivity index (χ1n) is 7.21. The highest BCUT2D eigenvalue weighted by Gasteiger charge is 2.17. The molecule has 0 bridgehead atoms. The third kappa shape index (κ3) is 3.28. The lowest BCUT2D eigenvalue weighted by Gasteiger charge is -2.07. The number of pyridine rings is 1. The molecule has 3 nitrogen and oxygen atoms in total. The van der Waals surface area contributed by atoms with Crippen molar-refractivity contribution < 1.29 is 9.90 Å². The molecular weight excluding hydrogens is 345 g/mol. The number of hydrogen-bond acceptors (Lipinski definition) is 3. The van der Waals surface area contributed by atoms with Gasteiger partial charge in [-0.25, -0.2) is 0 Å². The molecule has 120 valence electrons. The molecule has 24 heavy (non-hydrogen) atoms. The Bertz CT molecular complexity index is 904. The number of halogens is 2. The molecule has 3 aromatic rings. The number of rotatable bonds is 3. The Morgan fingerprint density at radius 3 is 2.38 bits per heavy atom. The van der Waals surface area contributed by atoms with E-state index in [1.807, 2.05) is 31.2 Å². The van der Waals surface area contributed by atoms with Gasteiger partial charge in [0.05, 0.1) is 16.3 Å². The van der Waals surface area contributed by atoms with Gasteiger partial charge in [0, 0.05) is 22.3 Å². The maximum absolute atomic E-state index is 12.5. The summed E-state index contributed by atoms with van der Waals surface area (Å²) in [6.07, 6.45) is 1.48. The predicted octanol–water partition coefficient (Wildman–Crippen LogP) is 5.30. The van der Waals surface area contributed by atoms with Crippen molar-refractivity contribution in [1.82, 2.24) is 4.98 Å². The molecule has 0 fully saturated rings. The highest BCUT2D eigenvalue weighted by Crippen LogP contribution is 2.32. The summed E-state index contributed by atoms with van der Waals surface area (Å²) in [6.45, 7) is 2.02. The van der Waals surface area contributed by atoms with Crippen LogP contribution < -0.4 is 0 Å². The lowest BCUT2D eigenvalue weighted by molar-refractivity contribution is 0.103. The van der Waals surface area contributed by atoms with Crippen LogP contribution in [0.3, 0.4) is 0 Å². The van der Waals surface area contributed by atoms with Crippen LogP contribution in [-0.2, 0) is 0 Å². The minimum absolute atomic E-state index is 0.0371. The van der Waals surface area contributed by atoms with Gasteiger partial charge in [-0.15, -0.1) is 0 Å². The first kappa shape index (κ1) is 16.5. The van der Waals surface area contributed by atoms with E-state index in [0.717, 1.165) is 11.3 Å². The molecule has 0 spiro atoms. The molecule has 2 aromatic carbocycles. The Balaban J connectivity index is 1.93. The standard InChI is InChI=1S/C19H13Cl2NO2/c1-11-2-4-12(5-3-11)17-7-6-13(10-22-17)18(23)15-8-14(20)9-16(21)19(15)24/h2-10,24H,1H3. The van der Waals surface area contributed by atoms with E-state index in [-0.39, 0.29) is 27.1 Å². The van der Waals surface area contributed by atoms with Gasteiger partial charge in [0.25, 0.3) is 0 Å². The van der Waals surface area contributed by atoms with Crippen molar-refractivity contribution in [3.05, 3.63) is 81.5 Å². The SMILES string of the molecule is Cc1ccc(-c2ccc(C(=O)c3cc(Cl)cc(Cl)c3O)cn2)cc1. The van der Waals surface area contributed by atoms with Crippen molar-refractivity contribution in [2.24, 2.45) is 0 Å². The van der Waals surface area contributed by atoms with Gasteiger partial charge in [-0.05, 0) is 31.2 Å². The fourth-order valence-electron chi connectivity index (χ4n) is 2.32. The van der Waals surface area contributed by atoms with Gasteiger partial charge in [0.15, 0.2) is 5.78 Å². The second-order valence-corrected chi connectivity index (χ2v) is 6.25. The van der Waals surface area contributed by atoms with E-state index in [1.165, 1.54) is 23.9 Å². The number of hydrogen-bond donors (Lipinski definition) is 1. The molecule has 0 saturated carbocycles. The summed E-state index contributed by atoms with van der Waals surface area (Å²) in [5.41, 5.74) is 3.30. The monoisotopic (exact) mass is 357 g/mol. The molecule has 0 aliphatic heterocycles. The van der Waals surface area contributed by atoms with Crippen LogP contribution in [0.1, 0.15) is 21.5 Å². The first-order valence-corrected chi connectivity index (χ1v) is 7.97. The van der Waals surface area contributed by atoms with Crippen LogP contribution in [-0.4, -0.2) is 15.9 Å². The van der Waals surface area contributed by atoms with Crippen molar-refractivity contribution in [3.63, 3.8) is 0 Å². The summed E-state index contributed by atoms with van der Waals surface area (Å²) in [7, 11) is 0. The summed E-state index contributed by atoms with van der Waals surface area (Å²) in [5.74, 6) is -0.673. The number of aromatic hydroxyl groups is 1. The molecule has 1 heterocycles. The molecule has 0 amide bonds. The summed E-state index contributed by atoms with van der Waals surface area (Å²) in [6, 6.07) is 14.2. The number of ketones is 1. The molecule has 1 aromatic heterocycles. The second-order valence-electron chi connectivity index (χ2n) is 5.41. The molecule has 0 atom stereocenters. The van der Waals surface area contributed by atoms with E-state index >= 15 is 0 Å². The average Bonchev–Trinajstić information content (AvgIpc) is 2.58. The maximum atomic E-state index is 12.5. The smallest absolute Gasteiger partial charge is 0.198 e. The van der Waals surface area contributed by atoms with E-state index in [0.29, 0.717) is 5.56 Å². The number of phenolic OH excluding ortho intramolecular Hbond substituents is 1. The molecule has 0 saturated heterocycles. The van der Waals surface area contributed by atoms with Crippen LogP contribution in [0.4, 0.5) is 0 Å². The van der Waals surface area contributed by atoms with Crippen molar-refractivity contribution in [2.75, 3.05) is 0 Å². The van der Waals surface area contributed by atoms with Gasteiger partial charge in [0.1, 0.15) is 5.75 Å². The van der Waals surface area contributed by atoms with Crippen molar-refractivity contribution in [1.29, 1.82) is 0 Å². The van der Waals surface area contributed by atoms with Crippen LogP contribution in [0.25, 0.3) is 11.3 Å². The quantitative estimate of drug-likeness (QED) is 0.647. The summed E-state index contributed by atoms with van der Waals surface area (Å²) in [5, 5.41) is 10.3. The van der Waals surface area contributed by atoms with E-state index in [4.69, 9.17) is 23.2 Å². The van der Waals surface area contributed by atoms with Gasteiger partial charge in [-0.2, -0.15) is 0 Å². The molecule has 0 aliphatic carbocycles. The molecule has 0 unspecified atom stereocenters. The highest BCUT2D eigenvalue weighted by molar-refractivity contribution is 6.36. The first-order chi connectivity index (χ1) is 11.5. The molecule has 5 heteroatoms. The zero-order chi connectivity index (χ0) is 17.3. The summed E-state index contributed by atoms with van der Waals surface area (Å²) >= 11 is 11.8.